The van der Waals surface area contributed by atoms with E-state index >= 15 is 0 Å². The molecule has 0 aliphatic carbocycles. The van der Waals surface area contributed by atoms with Crippen LogP contribution in [0.5, 0.6) is 0 Å². The molecule has 9 heteroatoms. The number of nitrogens with one attached hydrogen (secondary N) is 1. The van der Waals surface area contributed by atoms with Crippen molar-refractivity contribution in [3.05, 3.63) is 69.6 Å². The number of anilines is 1. The third-order valence-corrected chi connectivity index (χ3v) is 5.20. The van der Waals surface area contributed by atoms with Crippen molar-refractivity contribution in [2.45, 2.75) is 26.3 Å². The van der Waals surface area contributed by atoms with E-state index in [0.717, 1.165) is 31.0 Å². The molecular weight excluding hydrogens is 406 g/mol. The lowest BCUT2D eigenvalue weighted by Gasteiger charge is -2.17. The molecule has 0 bridgehead atoms. The molecule has 1 aliphatic rings. The number of hydrogen-bond acceptors (Lipinski definition) is 4. The van der Waals surface area contributed by atoms with Gasteiger partial charge < -0.3 is 14.8 Å². The number of hydrogen-bond donors (Lipinski definition) is 1. The Labute approximate surface area is 176 Å². The third kappa shape index (κ3) is 4.16. The predicted molar refractivity (Wildman–Crippen MR) is 111 cm³/mol. The van der Waals surface area contributed by atoms with Crippen LogP contribution in [0.1, 0.15) is 28.9 Å². The molecular formula is C22H20F2N4O3. The van der Waals surface area contributed by atoms with Gasteiger partial charge in [0.2, 0.25) is 11.3 Å². The second-order valence-corrected chi connectivity index (χ2v) is 7.50. The molecule has 3 aromatic rings. The van der Waals surface area contributed by atoms with E-state index in [1.807, 2.05) is 0 Å². The highest BCUT2D eigenvalue weighted by Crippen LogP contribution is 2.17. The van der Waals surface area contributed by atoms with Gasteiger partial charge in [-0.1, -0.05) is 0 Å². The van der Waals surface area contributed by atoms with Crippen molar-refractivity contribution in [2.75, 3.05) is 18.4 Å². The van der Waals surface area contributed by atoms with E-state index in [-0.39, 0.29) is 28.8 Å². The van der Waals surface area contributed by atoms with Crippen LogP contribution in [0.4, 0.5) is 14.5 Å². The van der Waals surface area contributed by atoms with E-state index in [4.69, 9.17) is 0 Å². The number of benzene rings is 1. The van der Waals surface area contributed by atoms with Crippen molar-refractivity contribution < 1.29 is 18.4 Å². The summed E-state index contributed by atoms with van der Waals surface area (Å²) >= 11 is 0. The van der Waals surface area contributed by atoms with Gasteiger partial charge in [0.15, 0.2) is 0 Å². The fraction of sp³-hybridized carbons (Fsp3) is 0.273. The Morgan fingerprint density at radius 3 is 2.61 bits per heavy atom. The summed E-state index contributed by atoms with van der Waals surface area (Å²) in [6.45, 7) is 2.53. The lowest BCUT2D eigenvalue weighted by molar-refractivity contribution is -0.116. The summed E-state index contributed by atoms with van der Waals surface area (Å²) in [6, 6.07) is 5.96. The minimum absolute atomic E-state index is 0.0511. The van der Waals surface area contributed by atoms with Gasteiger partial charge in [0.25, 0.3) is 5.91 Å². The second kappa shape index (κ2) is 8.25. The molecule has 1 aliphatic heterocycles. The molecule has 1 N–H and O–H groups in total. The first-order valence-electron chi connectivity index (χ1n) is 9.88. The highest BCUT2D eigenvalue weighted by atomic mass is 19.1. The molecule has 3 heterocycles. The topological polar surface area (TPSA) is 84.3 Å². The zero-order valence-electron chi connectivity index (χ0n) is 16.8. The molecule has 0 saturated carbocycles. The summed E-state index contributed by atoms with van der Waals surface area (Å²) in [5.41, 5.74) is 0.0542. The van der Waals surface area contributed by atoms with E-state index in [1.165, 1.54) is 10.8 Å². The lowest BCUT2D eigenvalue weighted by atomic mass is 10.1. The van der Waals surface area contributed by atoms with Gasteiger partial charge in [-0.3, -0.25) is 14.4 Å². The van der Waals surface area contributed by atoms with Crippen LogP contribution in [0.2, 0.25) is 0 Å². The predicted octanol–water partition coefficient (Wildman–Crippen LogP) is 2.86. The molecule has 1 saturated heterocycles. The summed E-state index contributed by atoms with van der Waals surface area (Å²) in [7, 11) is 0. The van der Waals surface area contributed by atoms with Gasteiger partial charge in [-0.15, -0.1) is 0 Å². The van der Waals surface area contributed by atoms with Crippen LogP contribution < -0.4 is 10.7 Å². The molecule has 2 amide bonds. The standard InChI is InChI=1S/C22H20F2N4O3/c1-13-4-6-15-20(30)16(22(31)27-8-2-3-9-27)11-28(21(15)25-13)12-19(29)26-18-10-14(23)5-7-17(18)24/h4-7,10-11H,2-3,8-9,12H2,1H3,(H,26,29). The largest absolute Gasteiger partial charge is 0.338 e. The zero-order chi connectivity index (χ0) is 22.1. The highest BCUT2D eigenvalue weighted by Gasteiger charge is 2.24. The number of carbonyl (C=O) groups is 2. The first-order chi connectivity index (χ1) is 14.8. The van der Waals surface area contributed by atoms with Gasteiger partial charge in [-0.25, -0.2) is 13.8 Å². The van der Waals surface area contributed by atoms with Crippen LogP contribution in [-0.2, 0) is 11.3 Å². The molecule has 0 radical (unpaired) electrons. The van der Waals surface area contributed by atoms with Gasteiger partial charge in [0, 0.05) is 31.0 Å². The Hall–Kier alpha value is -3.62. The number of amides is 2. The Bertz CT molecular complexity index is 1250. The van der Waals surface area contributed by atoms with Crippen molar-refractivity contribution in [1.29, 1.82) is 0 Å². The maximum Gasteiger partial charge on any atom is 0.259 e. The van der Waals surface area contributed by atoms with Crippen LogP contribution in [-0.4, -0.2) is 39.4 Å². The van der Waals surface area contributed by atoms with Gasteiger partial charge in [0.1, 0.15) is 29.4 Å². The molecule has 4 rings (SSSR count). The van der Waals surface area contributed by atoms with Crippen LogP contribution in [0, 0.1) is 18.6 Å². The van der Waals surface area contributed by atoms with Gasteiger partial charge in [0.05, 0.1) is 11.1 Å². The number of pyridine rings is 2. The summed E-state index contributed by atoms with van der Waals surface area (Å²) in [5.74, 6) is -2.52. The van der Waals surface area contributed by atoms with Crippen molar-refractivity contribution in [1.82, 2.24) is 14.5 Å². The quantitative estimate of drug-likeness (QED) is 0.695. The van der Waals surface area contributed by atoms with Crippen molar-refractivity contribution in [3.63, 3.8) is 0 Å². The summed E-state index contributed by atoms with van der Waals surface area (Å²) < 4.78 is 28.7. The minimum atomic E-state index is -0.779. The van der Waals surface area contributed by atoms with Gasteiger partial charge in [-0.05, 0) is 44.0 Å². The minimum Gasteiger partial charge on any atom is -0.338 e. The number of halogens is 2. The van der Waals surface area contributed by atoms with Crippen molar-refractivity contribution in [3.8, 4) is 0 Å². The Balaban J connectivity index is 1.73. The Morgan fingerprint density at radius 1 is 1.13 bits per heavy atom. The van der Waals surface area contributed by atoms with Crippen molar-refractivity contribution in [2.24, 2.45) is 0 Å². The maximum absolute atomic E-state index is 13.9. The fourth-order valence-corrected chi connectivity index (χ4v) is 3.66. The SMILES string of the molecule is Cc1ccc2c(=O)c(C(=O)N3CCCC3)cn(CC(=O)Nc3cc(F)ccc3F)c2n1. The number of likely N-dealkylation sites (tertiary alicyclic amines) is 1. The molecule has 1 fully saturated rings. The van der Waals surface area contributed by atoms with Gasteiger partial charge >= 0.3 is 0 Å². The van der Waals surface area contributed by atoms with Crippen LogP contribution in [0.3, 0.4) is 0 Å². The Morgan fingerprint density at radius 2 is 1.87 bits per heavy atom. The van der Waals surface area contributed by atoms with E-state index < -0.39 is 28.9 Å². The van der Waals surface area contributed by atoms with Crippen molar-refractivity contribution >= 4 is 28.5 Å². The number of aryl methyl sites for hydroxylation is 1. The normalized spacial score (nSPS) is 13.6. The second-order valence-electron chi connectivity index (χ2n) is 7.50. The number of carbonyl (C=O) groups excluding carboxylic acids is 2. The first kappa shape index (κ1) is 20.6. The van der Waals surface area contributed by atoms with E-state index in [2.05, 4.69) is 10.3 Å². The van der Waals surface area contributed by atoms with Crippen LogP contribution in [0.25, 0.3) is 11.0 Å². The third-order valence-electron chi connectivity index (χ3n) is 5.20. The first-order valence-corrected chi connectivity index (χ1v) is 9.88. The average molecular weight is 426 g/mol. The molecule has 1 aromatic carbocycles. The van der Waals surface area contributed by atoms with Crippen LogP contribution >= 0.6 is 0 Å². The summed E-state index contributed by atoms with van der Waals surface area (Å²) in [5, 5.41) is 2.53. The smallest absolute Gasteiger partial charge is 0.259 e. The van der Waals surface area contributed by atoms with E-state index in [9.17, 15) is 23.2 Å². The summed E-state index contributed by atoms with van der Waals surface area (Å²) in [6.07, 6.45) is 3.06. The molecule has 160 valence electrons. The lowest BCUT2D eigenvalue weighted by Crippen LogP contribution is -2.33. The molecule has 31 heavy (non-hydrogen) atoms. The summed E-state index contributed by atoms with van der Waals surface area (Å²) in [4.78, 5) is 44.4. The fourth-order valence-electron chi connectivity index (χ4n) is 3.66. The average Bonchev–Trinajstić information content (AvgIpc) is 3.27. The van der Waals surface area contributed by atoms with E-state index in [1.54, 1.807) is 24.0 Å². The highest BCUT2D eigenvalue weighted by molar-refractivity contribution is 5.97. The van der Waals surface area contributed by atoms with Gasteiger partial charge in [-0.2, -0.15) is 0 Å². The molecule has 7 nitrogen and oxygen atoms in total. The molecule has 0 unspecified atom stereocenters. The molecule has 2 aromatic heterocycles. The Kier molecular flexibility index (Phi) is 5.50. The molecule has 0 atom stereocenters. The number of nitrogens with zero attached hydrogens (tertiary/aromatic N) is 3. The number of rotatable bonds is 4. The number of aromatic nitrogens is 2. The van der Waals surface area contributed by atoms with Crippen LogP contribution in [0.15, 0.2) is 41.3 Å². The maximum atomic E-state index is 13.9. The monoisotopic (exact) mass is 426 g/mol. The molecule has 0 spiro atoms. The number of fused-ring (bicyclic) bond motifs is 1. The zero-order valence-corrected chi connectivity index (χ0v) is 16.8. The van der Waals surface area contributed by atoms with E-state index in [0.29, 0.717) is 18.8 Å².